The molecule has 10 nitrogen and oxygen atoms in total. The Morgan fingerprint density at radius 3 is 1.63 bits per heavy atom. The van der Waals surface area contributed by atoms with Gasteiger partial charge in [-0.3, -0.25) is 14.4 Å². The van der Waals surface area contributed by atoms with Crippen LogP contribution < -0.4 is 15.5 Å². The van der Waals surface area contributed by atoms with Gasteiger partial charge in [-0.25, -0.2) is 0 Å². The van der Waals surface area contributed by atoms with Crippen LogP contribution in [0.25, 0.3) is 0 Å². The molecule has 2 unspecified atom stereocenters. The summed E-state index contributed by atoms with van der Waals surface area (Å²) in [5, 5.41) is 41.9. The van der Waals surface area contributed by atoms with Gasteiger partial charge in [0.25, 0.3) is 11.8 Å². The largest absolute Gasteiger partial charge is 0.394 e. The SMILES string of the molecule is CCN(C=O)c1c(I)c(C(=O)NCC(O)CO)c(I)c(C(=O)NCC(O)CO)c1I. The monoisotopic (exact) mass is 761 g/mol. The molecule has 0 saturated heterocycles. The van der Waals surface area contributed by atoms with Crippen molar-refractivity contribution in [2.45, 2.75) is 19.1 Å². The second-order valence-electron chi connectivity index (χ2n) is 6.02. The molecule has 0 spiro atoms. The molecule has 1 rings (SSSR count). The number of rotatable bonds is 11. The number of hydrogen-bond acceptors (Lipinski definition) is 7. The lowest BCUT2D eigenvalue weighted by atomic mass is 10.1. The van der Waals surface area contributed by atoms with Gasteiger partial charge < -0.3 is 36.0 Å². The molecule has 6 N–H and O–H groups in total. The van der Waals surface area contributed by atoms with E-state index < -0.39 is 37.2 Å². The van der Waals surface area contributed by atoms with E-state index in [2.05, 4.69) is 10.6 Å². The van der Waals surface area contributed by atoms with Crippen LogP contribution >= 0.6 is 67.8 Å². The van der Waals surface area contributed by atoms with Crippen molar-refractivity contribution in [3.05, 3.63) is 21.8 Å². The van der Waals surface area contributed by atoms with Gasteiger partial charge in [0, 0.05) is 23.2 Å². The van der Waals surface area contributed by atoms with Gasteiger partial charge in [-0.05, 0) is 74.7 Å². The fraction of sp³-hybridized carbons (Fsp3) is 0.471. The van der Waals surface area contributed by atoms with Gasteiger partial charge in [0.15, 0.2) is 0 Å². The van der Waals surface area contributed by atoms with Gasteiger partial charge in [0.1, 0.15) is 0 Å². The maximum absolute atomic E-state index is 12.8. The maximum atomic E-state index is 12.8. The average Bonchev–Trinajstić information content (AvgIpc) is 2.72. The number of aliphatic hydroxyl groups excluding tert-OH is 4. The Bertz CT molecular complexity index is 741. The highest BCUT2D eigenvalue weighted by Crippen LogP contribution is 2.37. The maximum Gasteiger partial charge on any atom is 0.253 e. The van der Waals surface area contributed by atoms with Crippen LogP contribution in [-0.2, 0) is 4.79 Å². The van der Waals surface area contributed by atoms with E-state index in [4.69, 9.17) is 10.2 Å². The second-order valence-corrected chi connectivity index (χ2v) is 9.26. The van der Waals surface area contributed by atoms with Gasteiger partial charge in [-0.2, -0.15) is 0 Å². The number of nitrogens with zero attached hydrogens (tertiary/aromatic N) is 1. The first-order valence-corrected chi connectivity index (χ1v) is 11.9. The van der Waals surface area contributed by atoms with Crippen LogP contribution in [-0.4, -0.2) is 83.7 Å². The summed E-state index contributed by atoms with van der Waals surface area (Å²) < 4.78 is 1.20. The van der Waals surface area contributed by atoms with Crippen LogP contribution in [0.3, 0.4) is 0 Å². The Kier molecular flexibility index (Phi) is 12.2. The molecule has 0 heterocycles. The molecule has 30 heavy (non-hydrogen) atoms. The third-order valence-electron chi connectivity index (χ3n) is 3.92. The smallest absolute Gasteiger partial charge is 0.253 e. The highest BCUT2D eigenvalue weighted by molar-refractivity contribution is 14.1. The van der Waals surface area contributed by atoms with Crippen LogP contribution in [0.2, 0.25) is 0 Å². The standard InChI is InChI=1S/C17H22I3N3O7/c1-2-23(7-26)15-13(19)10(16(29)21-3-8(27)5-24)12(18)11(14(15)20)17(30)22-4-9(28)6-25/h7-9,24-25,27-28H,2-6H2,1H3,(H,21,29)(H,22,30). The van der Waals surface area contributed by atoms with Crippen molar-refractivity contribution < 1.29 is 34.8 Å². The number of carbonyl (C=O) groups is 3. The number of aliphatic hydroxyl groups is 4. The molecular formula is C17H22I3N3O7. The summed E-state index contributed by atoms with van der Waals surface area (Å²) >= 11 is 5.71. The molecule has 1 aromatic carbocycles. The molecule has 0 aromatic heterocycles. The molecule has 0 saturated carbocycles. The minimum atomic E-state index is -1.14. The number of halogens is 3. The number of anilines is 1. The van der Waals surface area contributed by atoms with Crippen molar-refractivity contribution in [1.82, 2.24) is 10.6 Å². The topological polar surface area (TPSA) is 159 Å². The molecule has 0 aliphatic rings. The molecule has 2 atom stereocenters. The molecular weight excluding hydrogens is 739 g/mol. The molecule has 0 aliphatic carbocycles. The van der Waals surface area contributed by atoms with Crippen LogP contribution in [0, 0.1) is 10.7 Å². The summed E-state index contributed by atoms with van der Waals surface area (Å²) in [5.74, 6) is -1.17. The Balaban J connectivity index is 3.56. The molecule has 1 aromatic rings. The Morgan fingerprint density at radius 1 is 0.933 bits per heavy atom. The summed E-state index contributed by atoms with van der Waals surface area (Å²) in [5.41, 5.74) is 0.671. The first-order valence-electron chi connectivity index (χ1n) is 8.70. The van der Waals surface area contributed by atoms with Crippen molar-refractivity contribution >= 4 is 91.7 Å². The summed E-state index contributed by atoms with van der Waals surface area (Å²) in [6.07, 6.45) is -1.68. The summed E-state index contributed by atoms with van der Waals surface area (Å²) in [6, 6.07) is 0. The first kappa shape index (κ1) is 27.7. The zero-order chi connectivity index (χ0) is 23.0. The van der Waals surface area contributed by atoms with Crippen LogP contribution in [0.1, 0.15) is 27.6 Å². The normalized spacial score (nSPS) is 12.8. The van der Waals surface area contributed by atoms with Crippen molar-refractivity contribution in [3.8, 4) is 0 Å². The number of nitrogens with one attached hydrogen (secondary N) is 2. The molecule has 3 amide bonds. The number of amides is 3. The van der Waals surface area contributed by atoms with E-state index in [-0.39, 0.29) is 24.2 Å². The van der Waals surface area contributed by atoms with Crippen LogP contribution in [0.4, 0.5) is 5.69 Å². The van der Waals surface area contributed by atoms with Crippen LogP contribution in [0.5, 0.6) is 0 Å². The minimum Gasteiger partial charge on any atom is -0.394 e. The fourth-order valence-electron chi connectivity index (χ4n) is 2.31. The third kappa shape index (κ3) is 6.83. The van der Waals surface area contributed by atoms with E-state index in [1.807, 2.05) is 67.8 Å². The quantitative estimate of drug-likeness (QED) is 0.133. The summed E-state index contributed by atoms with van der Waals surface area (Å²) in [7, 11) is 0. The lowest BCUT2D eigenvalue weighted by Crippen LogP contribution is -2.37. The fourth-order valence-corrected chi connectivity index (χ4v) is 7.08. The van der Waals surface area contributed by atoms with Gasteiger partial charge in [0.2, 0.25) is 6.41 Å². The van der Waals surface area contributed by atoms with Crippen molar-refractivity contribution in [2.75, 3.05) is 37.7 Å². The van der Waals surface area contributed by atoms with Gasteiger partial charge >= 0.3 is 0 Å². The summed E-state index contributed by atoms with van der Waals surface area (Å²) in [6.45, 7) is 0.596. The summed E-state index contributed by atoms with van der Waals surface area (Å²) in [4.78, 5) is 38.6. The van der Waals surface area contributed by atoms with Crippen molar-refractivity contribution in [1.29, 1.82) is 0 Å². The first-order chi connectivity index (χ1) is 14.1. The van der Waals surface area contributed by atoms with E-state index in [9.17, 15) is 24.6 Å². The third-order valence-corrected chi connectivity index (χ3v) is 7.10. The predicted molar refractivity (Wildman–Crippen MR) is 135 cm³/mol. The van der Waals surface area contributed by atoms with Gasteiger partial charge in [0.05, 0.1) is 49.4 Å². The molecule has 0 bridgehead atoms. The van der Waals surface area contributed by atoms with Crippen LogP contribution in [0.15, 0.2) is 0 Å². The Hall–Kier alpha value is -0.340. The minimum absolute atomic E-state index is 0.143. The highest BCUT2D eigenvalue weighted by atomic mass is 127. The zero-order valence-corrected chi connectivity index (χ0v) is 22.3. The highest BCUT2D eigenvalue weighted by Gasteiger charge is 2.30. The van der Waals surface area contributed by atoms with E-state index in [1.54, 1.807) is 6.92 Å². The molecule has 0 fully saturated rings. The molecule has 0 aliphatic heterocycles. The second kappa shape index (κ2) is 13.3. The van der Waals surface area contributed by atoms with Gasteiger partial charge in [-0.15, -0.1) is 0 Å². The van der Waals surface area contributed by atoms with E-state index >= 15 is 0 Å². The van der Waals surface area contributed by atoms with Gasteiger partial charge in [-0.1, -0.05) is 0 Å². The molecule has 13 heteroatoms. The Labute approximate surface area is 214 Å². The number of benzene rings is 1. The lowest BCUT2D eigenvalue weighted by Gasteiger charge is -2.24. The number of carbonyl (C=O) groups excluding carboxylic acids is 3. The Morgan fingerprint density at radius 2 is 1.33 bits per heavy atom. The zero-order valence-electron chi connectivity index (χ0n) is 15.9. The van der Waals surface area contributed by atoms with Crippen molar-refractivity contribution in [3.63, 3.8) is 0 Å². The van der Waals surface area contributed by atoms with E-state index in [1.165, 1.54) is 4.90 Å². The molecule has 168 valence electrons. The number of hydrogen-bond donors (Lipinski definition) is 6. The van der Waals surface area contributed by atoms with E-state index in [0.717, 1.165) is 0 Å². The lowest BCUT2D eigenvalue weighted by molar-refractivity contribution is -0.107. The van der Waals surface area contributed by atoms with Crippen molar-refractivity contribution in [2.24, 2.45) is 0 Å². The average molecular weight is 761 g/mol. The predicted octanol–water partition coefficient (Wildman–Crippen LogP) is -0.351. The molecule has 0 radical (unpaired) electrons. The van der Waals surface area contributed by atoms with E-state index in [0.29, 0.717) is 29.4 Å².